The minimum Gasteiger partial charge on any atom is -0.300 e. The Morgan fingerprint density at radius 1 is 1.60 bits per heavy atom. The van der Waals surface area contributed by atoms with Crippen LogP contribution in [0.3, 0.4) is 0 Å². The summed E-state index contributed by atoms with van der Waals surface area (Å²) in [7, 11) is 1.96. The third-order valence-electron chi connectivity index (χ3n) is 1.86. The van der Waals surface area contributed by atoms with Gasteiger partial charge >= 0.3 is 0 Å². The van der Waals surface area contributed by atoms with Crippen molar-refractivity contribution in [1.29, 1.82) is 0 Å². The minimum atomic E-state index is -0.849. The lowest BCUT2D eigenvalue weighted by Crippen LogP contribution is -2.57. The van der Waals surface area contributed by atoms with E-state index < -0.39 is 5.67 Å². The van der Waals surface area contributed by atoms with E-state index in [1.807, 2.05) is 18.2 Å². The van der Waals surface area contributed by atoms with Gasteiger partial charge in [0.1, 0.15) is 5.67 Å². The van der Waals surface area contributed by atoms with Gasteiger partial charge in [-0.15, -0.1) is 0 Å². The van der Waals surface area contributed by atoms with Crippen molar-refractivity contribution in [2.45, 2.75) is 12.1 Å². The summed E-state index contributed by atoms with van der Waals surface area (Å²) in [6, 6.07) is 0. The Kier molecular flexibility index (Phi) is 2.58. The van der Waals surface area contributed by atoms with E-state index in [0.29, 0.717) is 13.1 Å². The second-order valence-electron chi connectivity index (χ2n) is 3.07. The second kappa shape index (κ2) is 3.09. The van der Waals surface area contributed by atoms with E-state index in [1.165, 1.54) is 0 Å². The number of rotatable bonds is 3. The molecule has 0 aliphatic carbocycles. The molecule has 1 fully saturated rings. The molecule has 0 amide bonds. The highest BCUT2D eigenvalue weighted by molar-refractivity contribution is 7.98. The Labute approximate surface area is 66.0 Å². The highest BCUT2D eigenvalue weighted by Gasteiger charge is 2.40. The number of nitrogens with zero attached hydrogens (tertiary/aromatic N) is 1. The van der Waals surface area contributed by atoms with Gasteiger partial charge in [-0.25, -0.2) is 4.39 Å². The molecule has 0 saturated carbocycles. The third-order valence-corrected chi connectivity index (χ3v) is 2.47. The van der Waals surface area contributed by atoms with Crippen LogP contribution < -0.4 is 0 Å². The molecular weight excluding hydrogens is 149 g/mol. The summed E-state index contributed by atoms with van der Waals surface area (Å²) in [5.74, 6) is 0.949. The van der Waals surface area contributed by atoms with Crippen molar-refractivity contribution in [2.24, 2.45) is 0 Å². The van der Waals surface area contributed by atoms with Crippen molar-refractivity contribution in [2.75, 3.05) is 32.1 Å². The first kappa shape index (κ1) is 8.34. The molecule has 0 radical (unpaired) electrons. The largest absolute Gasteiger partial charge is 0.300 e. The standard InChI is InChI=1S/C7H14FNS/c1-9-5-7(8,6-9)3-4-10-2/h3-6H2,1-2H3. The fraction of sp³-hybridized carbons (Fsp3) is 1.00. The molecule has 0 bridgehead atoms. The fourth-order valence-corrected chi connectivity index (χ4v) is 1.93. The zero-order chi connectivity index (χ0) is 7.61. The molecule has 60 valence electrons. The molecule has 1 rings (SSSR count). The molecule has 0 aromatic heterocycles. The van der Waals surface area contributed by atoms with E-state index in [0.717, 1.165) is 12.2 Å². The van der Waals surface area contributed by atoms with E-state index in [1.54, 1.807) is 11.8 Å². The van der Waals surface area contributed by atoms with Gasteiger partial charge in [-0.2, -0.15) is 11.8 Å². The van der Waals surface area contributed by atoms with Crippen LogP contribution in [0, 0.1) is 0 Å². The van der Waals surface area contributed by atoms with Crippen LogP contribution in [0.25, 0.3) is 0 Å². The van der Waals surface area contributed by atoms with Crippen molar-refractivity contribution >= 4 is 11.8 Å². The maximum atomic E-state index is 13.3. The molecule has 0 unspecified atom stereocenters. The molecule has 1 saturated heterocycles. The lowest BCUT2D eigenvalue weighted by Gasteiger charge is -2.42. The molecule has 0 spiro atoms. The van der Waals surface area contributed by atoms with Gasteiger partial charge in [0, 0.05) is 13.1 Å². The van der Waals surface area contributed by atoms with Crippen LogP contribution in [0.4, 0.5) is 4.39 Å². The van der Waals surface area contributed by atoms with Gasteiger partial charge in [-0.3, -0.25) is 4.90 Å². The quantitative estimate of drug-likeness (QED) is 0.618. The van der Waals surface area contributed by atoms with Crippen LogP contribution in [0.5, 0.6) is 0 Å². The van der Waals surface area contributed by atoms with Crippen LogP contribution in [-0.4, -0.2) is 42.7 Å². The SMILES string of the molecule is CSCCC1(F)CN(C)C1. The van der Waals surface area contributed by atoms with Crippen molar-refractivity contribution in [1.82, 2.24) is 4.90 Å². The lowest BCUT2D eigenvalue weighted by molar-refractivity contribution is -0.0167. The van der Waals surface area contributed by atoms with E-state index in [-0.39, 0.29) is 0 Å². The zero-order valence-corrected chi connectivity index (χ0v) is 7.38. The summed E-state index contributed by atoms with van der Waals surface area (Å²) in [5, 5.41) is 0. The number of alkyl halides is 1. The van der Waals surface area contributed by atoms with Crippen molar-refractivity contribution < 1.29 is 4.39 Å². The maximum Gasteiger partial charge on any atom is 0.137 e. The van der Waals surface area contributed by atoms with Gasteiger partial charge < -0.3 is 0 Å². The zero-order valence-electron chi connectivity index (χ0n) is 6.56. The number of halogens is 1. The molecule has 3 heteroatoms. The van der Waals surface area contributed by atoms with E-state index in [9.17, 15) is 4.39 Å². The summed E-state index contributed by atoms with van der Waals surface area (Å²) < 4.78 is 13.3. The van der Waals surface area contributed by atoms with Gasteiger partial charge in [0.05, 0.1) is 0 Å². The molecule has 0 atom stereocenters. The van der Waals surface area contributed by atoms with Crippen molar-refractivity contribution in [3.05, 3.63) is 0 Å². The average Bonchev–Trinajstić information content (AvgIpc) is 1.81. The Bertz CT molecular complexity index is 112. The summed E-state index contributed by atoms with van der Waals surface area (Å²) in [5.41, 5.74) is -0.849. The monoisotopic (exact) mass is 163 g/mol. The second-order valence-corrected chi connectivity index (χ2v) is 4.05. The molecule has 10 heavy (non-hydrogen) atoms. The van der Waals surface area contributed by atoms with Crippen molar-refractivity contribution in [3.63, 3.8) is 0 Å². The summed E-state index contributed by atoms with van der Waals surface area (Å²) in [4.78, 5) is 2.01. The maximum absolute atomic E-state index is 13.3. The van der Waals surface area contributed by atoms with Gasteiger partial charge in [-0.1, -0.05) is 0 Å². The predicted molar refractivity (Wildman–Crippen MR) is 44.3 cm³/mol. The van der Waals surface area contributed by atoms with Crippen LogP contribution >= 0.6 is 11.8 Å². The Morgan fingerprint density at radius 3 is 2.60 bits per heavy atom. The third kappa shape index (κ3) is 1.86. The van der Waals surface area contributed by atoms with E-state index in [4.69, 9.17) is 0 Å². The van der Waals surface area contributed by atoms with Gasteiger partial charge in [0.25, 0.3) is 0 Å². The first-order valence-corrected chi connectivity index (χ1v) is 4.92. The molecule has 1 aliphatic heterocycles. The fourth-order valence-electron chi connectivity index (χ4n) is 1.36. The molecule has 0 aromatic rings. The number of likely N-dealkylation sites (tertiary alicyclic amines) is 1. The summed E-state index contributed by atoms with van der Waals surface area (Å²) in [6.07, 6.45) is 2.74. The molecular formula is C7H14FNS. The summed E-state index contributed by atoms with van der Waals surface area (Å²) >= 11 is 1.72. The Balaban J connectivity index is 2.15. The highest BCUT2D eigenvalue weighted by Crippen LogP contribution is 2.28. The van der Waals surface area contributed by atoms with E-state index in [2.05, 4.69) is 0 Å². The van der Waals surface area contributed by atoms with Crippen LogP contribution in [-0.2, 0) is 0 Å². The number of hydrogen-bond donors (Lipinski definition) is 0. The van der Waals surface area contributed by atoms with Crippen molar-refractivity contribution in [3.8, 4) is 0 Å². The topological polar surface area (TPSA) is 3.24 Å². The van der Waals surface area contributed by atoms with Crippen LogP contribution in [0.1, 0.15) is 6.42 Å². The summed E-state index contributed by atoms with van der Waals surface area (Å²) in [6.45, 7) is 1.26. The van der Waals surface area contributed by atoms with Crippen LogP contribution in [0.15, 0.2) is 0 Å². The minimum absolute atomic E-state index is 0.632. The Hall–Kier alpha value is 0.240. The first-order valence-electron chi connectivity index (χ1n) is 3.53. The van der Waals surface area contributed by atoms with E-state index >= 15 is 0 Å². The smallest absolute Gasteiger partial charge is 0.137 e. The molecule has 0 N–H and O–H groups in total. The molecule has 1 nitrogen and oxygen atoms in total. The van der Waals surface area contributed by atoms with Crippen LogP contribution in [0.2, 0.25) is 0 Å². The molecule has 1 aliphatic rings. The normalized spacial score (nSPS) is 24.3. The first-order chi connectivity index (χ1) is 4.66. The predicted octanol–water partition coefficient (Wildman–Crippen LogP) is 1.39. The number of hydrogen-bond acceptors (Lipinski definition) is 2. The lowest BCUT2D eigenvalue weighted by atomic mass is 9.94. The van der Waals surface area contributed by atoms with Gasteiger partial charge in [-0.05, 0) is 25.5 Å². The average molecular weight is 163 g/mol. The van der Waals surface area contributed by atoms with Gasteiger partial charge in [0.2, 0.25) is 0 Å². The van der Waals surface area contributed by atoms with Gasteiger partial charge in [0.15, 0.2) is 0 Å². The molecule has 0 aromatic carbocycles. The molecule has 1 heterocycles. The Morgan fingerprint density at radius 2 is 2.20 bits per heavy atom. The number of thioether (sulfide) groups is 1. The highest BCUT2D eigenvalue weighted by atomic mass is 32.2.